The van der Waals surface area contributed by atoms with E-state index >= 15 is 0 Å². The Morgan fingerprint density at radius 2 is 1.74 bits per heavy atom. The van der Waals surface area contributed by atoms with E-state index in [-0.39, 0.29) is 18.5 Å². The first-order chi connectivity index (χ1) is 18.1. The second kappa shape index (κ2) is 13.3. The molecule has 0 saturated heterocycles. The number of amides is 2. The van der Waals surface area contributed by atoms with Crippen molar-refractivity contribution in [1.82, 2.24) is 15.4 Å². The molecule has 0 fully saturated rings. The maximum Gasteiger partial charge on any atom is 0.321 e. The topological polar surface area (TPSA) is 108 Å². The number of urea groups is 1. The highest BCUT2D eigenvalue weighted by atomic mass is 32.2. The lowest BCUT2D eigenvalue weighted by molar-refractivity contribution is -0.138. The Bertz CT molecular complexity index is 1270. The molecule has 202 valence electrons. The Morgan fingerprint density at radius 3 is 2.34 bits per heavy atom. The second-order valence-electron chi connectivity index (χ2n) is 9.73. The average Bonchev–Trinajstić information content (AvgIpc) is 3.08. The third kappa shape index (κ3) is 8.00. The van der Waals surface area contributed by atoms with E-state index in [9.17, 15) is 18.9 Å². The number of aryl methyl sites for hydroxylation is 3. The van der Waals surface area contributed by atoms with Crippen molar-refractivity contribution in [3.05, 3.63) is 94.2 Å². The van der Waals surface area contributed by atoms with Crippen molar-refractivity contribution in [2.24, 2.45) is 0 Å². The molecule has 3 unspecified atom stereocenters. The largest absolute Gasteiger partial charge is 0.480 e. The van der Waals surface area contributed by atoms with Gasteiger partial charge in [0.25, 0.3) is 0 Å². The van der Waals surface area contributed by atoms with Gasteiger partial charge in [-0.2, -0.15) is 0 Å². The van der Waals surface area contributed by atoms with Gasteiger partial charge >= 0.3 is 12.0 Å². The lowest BCUT2D eigenvalue weighted by atomic mass is 10.00. The summed E-state index contributed by atoms with van der Waals surface area (Å²) in [6, 6.07) is 10.5. The summed E-state index contributed by atoms with van der Waals surface area (Å²) in [5.74, 6) is -1.05. The van der Waals surface area contributed by atoms with Crippen LogP contribution in [0.25, 0.3) is 5.57 Å². The van der Waals surface area contributed by atoms with Crippen LogP contribution in [-0.2, 0) is 22.2 Å². The molecule has 0 spiro atoms. The van der Waals surface area contributed by atoms with Crippen molar-refractivity contribution in [2.45, 2.75) is 70.9 Å². The smallest absolute Gasteiger partial charge is 0.321 e. The van der Waals surface area contributed by atoms with Crippen LogP contribution >= 0.6 is 0 Å². The number of nitrogens with one attached hydrogen (secondary N) is 3. The summed E-state index contributed by atoms with van der Waals surface area (Å²) in [7, 11) is -1.65. The first-order valence-electron chi connectivity index (χ1n) is 12.8. The van der Waals surface area contributed by atoms with Crippen LogP contribution in [0, 0.1) is 20.8 Å². The lowest BCUT2D eigenvalue weighted by Crippen LogP contribution is -2.40. The third-order valence-electron chi connectivity index (χ3n) is 6.44. The first-order valence-corrected chi connectivity index (χ1v) is 13.9. The molecular formula is C30H37N3O4S. The lowest BCUT2D eigenvalue weighted by Gasteiger charge is -2.17. The van der Waals surface area contributed by atoms with E-state index in [2.05, 4.69) is 15.4 Å². The number of hydrogen-bond acceptors (Lipinski definition) is 3. The monoisotopic (exact) mass is 535 g/mol. The second-order valence-corrected chi connectivity index (χ2v) is 10.9. The minimum Gasteiger partial charge on any atom is -0.480 e. The fourth-order valence-corrected chi connectivity index (χ4v) is 5.60. The molecule has 0 bridgehead atoms. The standard InChI is InChI=1S/C30H37N3O4S/c1-6-22(5)31-30(36)32-26-9-7-8-24(14-15-26)25-12-10-23(11-13-25)18-27(29(34)35)33-38(37)28-20(3)16-19(2)17-21(28)4/h7-14,16-17,22,27,33H,6,15,18H2,1-5H3,(H,34,35)(H2,31,32,36). The molecular weight excluding hydrogens is 498 g/mol. The third-order valence-corrected chi connectivity index (χ3v) is 7.96. The molecule has 0 heterocycles. The molecule has 1 aliphatic rings. The van der Waals surface area contributed by atoms with Crippen LogP contribution in [0.4, 0.5) is 4.79 Å². The first kappa shape index (κ1) is 29.1. The van der Waals surface area contributed by atoms with Gasteiger partial charge in [-0.1, -0.05) is 67.1 Å². The molecule has 3 atom stereocenters. The van der Waals surface area contributed by atoms with Crippen LogP contribution in [0.2, 0.25) is 0 Å². The highest BCUT2D eigenvalue weighted by molar-refractivity contribution is 7.83. The molecule has 0 aromatic heterocycles. The number of carbonyl (C=O) groups excluding carboxylic acids is 1. The van der Waals surface area contributed by atoms with E-state index in [4.69, 9.17) is 0 Å². The predicted octanol–water partition coefficient (Wildman–Crippen LogP) is 5.24. The Labute approximate surface area is 227 Å². The van der Waals surface area contributed by atoms with Gasteiger partial charge in [0, 0.05) is 18.2 Å². The summed E-state index contributed by atoms with van der Waals surface area (Å²) in [6.45, 7) is 9.73. The predicted molar refractivity (Wildman–Crippen MR) is 153 cm³/mol. The summed E-state index contributed by atoms with van der Waals surface area (Å²) in [5, 5.41) is 15.6. The van der Waals surface area contributed by atoms with Gasteiger partial charge in [-0.3, -0.25) is 4.79 Å². The van der Waals surface area contributed by atoms with Gasteiger partial charge in [-0.15, -0.1) is 0 Å². The highest BCUT2D eigenvalue weighted by Gasteiger charge is 2.23. The van der Waals surface area contributed by atoms with Crippen molar-refractivity contribution < 1.29 is 18.9 Å². The van der Waals surface area contributed by atoms with Crippen molar-refractivity contribution >= 4 is 28.6 Å². The number of allylic oxidation sites excluding steroid dienone is 5. The van der Waals surface area contributed by atoms with Gasteiger partial charge in [0.2, 0.25) is 0 Å². The van der Waals surface area contributed by atoms with E-state index in [1.165, 1.54) is 0 Å². The van der Waals surface area contributed by atoms with Gasteiger partial charge in [-0.25, -0.2) is 13.7 Å². The summed E-state index contributed by atoms with van der Waals surface area (Å²) in [6.07, 6.45) is 9.45. The molecule has 2 aromatic rings. The van der Waals surface area contributed by atoms with Gasteiger partial charge < -0.3 is 15.7 Å². The number of carboxylic acid groups (broad SMARTS) is 1. The number of carboxylic acids is 1. The van der Waals surface area contributed by atoms with Crippen molar-refractivity contribution in [3.63, 3.8) is 0 Å². The fourth-order valence-electron chi connectivity index (χ4n) is 4.33. The van der Waals surface area contributed by atoms with Crippen LogP contribution < -0.4 is 15.4 Å². The molecule has 0 radical (unpaired) electrons. The number of rotatable bonds is 10. The minimum atomic E-state index is -1.65. The number of hydrogen-bond donors (Lipinski definition) is 4. The molecule has 8 heteroatoms. The van der Waals surface area contributed by atoms with Crippen molar-refractivity contribution in [3.8, 4) is 0 Å². The Balaban J connectivity index is 1.65. The van der Waals surface area contributed by atoms with E-state index in [1.54, 1.807) is 0 Å². The van der Waals surface area contributed by atoms with Gasteiger partial charge in [-0.05, 0) is 74.4 Å². The zero-order valence-corrected chi connectivity index (χ0v) is 23.4. The van der Waals surface area contributed by atoms with Crippen LogP contribution in [-0.4, -0.2) is 33.4 Å². The zero-order chi connectivity index (χ0) is 27.8. The Hall–Kier alpha value is -3.49. The molecule has 0 saturated carbocycles. The van der Waals surface area contributed by atoms with Crippen LogP contribution in [0.5, 0.6) is 0 Å². The molecule has 2 amide bonds. The number of benzene rings is 2. The zero-order valence-electron chi connectivity index (χ0n) is 22.6. The number of aliphatic carboxylic acids is 1. The summed E-state index contributed by atoms with van der Waals surface area (Å²) < 4.78 is 15.9. The summed E-state index contributed by atoms with van der Waals surface area (Å²) >= 11 is 0. The molecule has 4 N–H and O–H groups in total. The van der Waals surface area contributed by atoms with Crippen molar-refractivity contribution in [2.75, 3.05) is 0 Å². The van der Waals surface area contributed by atoms with E-state index < -0.39 is 23.0 Å². The molecule has 0 aliphatic heterocycles. The van der Waals surface area contributed by atoms with Crippen LogP contribution in [0.1, 0.15) is 54.5 Å². The molecule has 38 heavy (non-hydrogen) atoms. The van der Waals surface area contributed by atoms with Crippen LogP contribution in [0.3, 0.4) is 0 Å². The van der Waals surface area contributed by atoms with Gasteiger partial charge in [0.1, 0.15) is 17.0 Å². The van der Waals surface area contributed by atoms with Gasteiger partial charge in [0.05, 0.1) is 4.90 Å². The average molecular weight is 536 g/mol. The normalized spacial score (nSPS) is 15.5. The van der Waals surface area contributed by atoms with Crippen LogP contribution in [0.15, 0.2) is 71.3 Å². The molecule has 2 aromatic carbocycles. The maximum atomic E-state index is 13.0. The molecule has 3 rings (SSSR count). The summed E-state index contributed by atoms with van der Waals surface area (Å²) in [4.78, 5) is 24.7. The number of carbonyl (C=O) groups is 2. The van der Waals surface area contributed by atoms with Gasteiger partial charge in [0.15, 0.2) is 0 Å². The molecule has 1 aliphatic carbocycles. The Morgan fingerprint density at radius 1 is 1.08 bits per heavy atom. The maximum absolute atomic E-state index is 13.0. The van der Waals surface area contributed by atoms with E-state index in [0.29, 0.717) is 11.3 Å². The quantitative estimate of drug-likeness (QED) is 0.334. The fraction of sp³-hybridized carbons (Fsp3) is 0.333. The Kier molecular flexibility index (Phi) is 10.2. The SMILES string of the molecule is CCC(C)NC(=O)NC1=CC=CC(c2ccc(CC(NS(=O)c3c(C)cc(C)cc3C)C(=O)O)cc2)=CC1. The summed E-state index contributed by atoms with van der Waals surface area (Å²) in [5.41, 5.74) is 6.43. The minimum absolute atomic E-state index is 0.105. The molecule has 7 nitrogen and oxygen atoms in total. The van der Waals surface area contributed by atoms with E-state index in [1.807, 2.05) is 95.3 Å². The highest BCUT2D eigenvalue weighted by Crippen LogP contribution is 2.23. The van der Waals surface area contributed by atoms with Crippen molar-refractivity contribution in [1.29, 1.82) is 0 Å². The van der Waals surface area contributed by atoms with E-state index in [0.717, 1.165) is 45.5 Å².